The zero-order chi connectivity index (χ0) is 24.1. The second-order valence-corrected chi connectivity index (χ2v) is 10.4. The second-order valence-electron chi connectivity index (χ2n) is 8.12. The van der Waals surface area contributed by atoms with Crippen LogP contribution < -0.4 is 9.04 Å². The summed E-state index contributed by atoms with van der Waals surface area (Å²) >= 11 is 5.90. The van der Waals surface area contributed by atoms with Crippen LogP contribution in [0.15, 0.2) is 35.6 Å². The van der Waals surface area contributed by atoms with Gasteiger partial charge < -0.3 is 9.57 Å². The number of ether oxygens (including phenoxy) is 1. The van der Waals surface area contributed by atoms with Gasteiger partial charge in [-0.1, -0.05) is 16.8 Å². The molecule has 0 saturated carbocycles. The van der Waals surface area contributed by atoms with E-state index in [0.29, 0.717) is 74.8 Å². The van der Waals surface area contributed by atoms with Gasteiger partial charge in [-0.2, -0.15) is 12.7 Å². The Kier molecular flexibility index (Phi) is 7.90. The first-order chi connectivity index (χ1) is 16.4. The highest BCUT2D eigenvalue weighted by atomic mass is 35.5. The first-order valence-corrected chi connectivity index (χ1v) is 13.2. The number of hydrogen-bond donors (Lipinski definition) is 0. The number of pyridine rings is 1. The van der Waals surface area contributed by atoms with Crippen LogP contribution in [0.1, 0.15) is 43.7 Å². The molecule has 34 heavy (non-hydrogen) atoms. The van der Waals surface area contributed by atoms with Crippen LogP contribution in [0.3, 0.4) is 0 Å². The van der Waals surface area contributed by atoms with Gasteiger partial charge in [0.2, 0.25) is 0 Å². The smallest absolute Gasteiger partial charge is 0.304 e. The van der Waals surface area contributed by atoms with E-state index in [1.165, 1.54) is 20.9 Å². The Labute approximate surface area is 204 Å². The molecule has 0 unspecified atom stereocenters. The van der Waals surface area contributed by atoms with Crippen LogP contribution in [0.5, 0.6) is 5.75 Å². The lowest BCUT2D eigenvalue weighted by molar-refractivity contribution is 0.158. The molecule has 4 rings (SSSR count). The Balaban J connectivity index is 1.22. The molecule has 1 aliphatic heterocycles. The third-order valence-corrected chi connectivity index (χ3v) is 8.02. The van der Waals surface area contributed by atoms with Gasteiger partial charge in [-0.25, -0.2) is 9.37 Å². The number of aromatic nitrogens is 1. The van der Waals surface area contributed by atoms with Gasteiger partial charge in [0.1, 0.15) is 23.3 Å². The van der Waals surface area contributed by atoms with E-state index >= 15 is 0 Å². The highest BCUT2D eigenvalue weighted by molar-refractivity contribution is 7.90. The Morgan fingerprint density at radius 1 is 1.18 bits per heavy atom. The van der Waals surface area contributed by atoms with Crippen molar-refractivity contribution in [2.24, 2.45) is 5.16 Å². The number of halogens is 2. The molecule has 8 nitrogen and oxygen atoms in total. The molecule has 0 bridgehead atoms. The number of benzene rings is 1. The molecule has 1 saturated heterocycles. The van der Waals surface area contributed by atoms with Gasteiger partial charge in [-0.05, 0) is 62.8 Å². The molecule has 0 amide bonds. The van der Waals surface area contributed by atoms with E-state index in [9.17, 15) is 12.8 Å². The fraction of sp³-hybridized carbons (Fsp3) is 0.478. The summed E-state index contributed by atoms with van der Waals surface area (Å²) in [5.41, 5.74) is 2.57. The van der Waals surface area contributed by atoms with E-state index < -0.39 is 10.2 Å². The third-order valence-electron chi connectivity index (χ3n) is 5.84. The molecular weight excluding hydrogens is 483 g/mol. The zero-order valence-electron chi connectivity index (χ0n) is 19.0. The summed E-state index contributed by atoms with van der Waals surface area (Å²) in [5.74, 6) is 0.158. The molecule has 2 aromatic rings. The first kappa shape index (κ1) is 24.7. The summed E-state index contributed by atoms with van der Waals surface area (Å²) in [5, 5.41) is 4.27. The molecule has 1 aromatic heterocycles. The quantitative estimate of drug-likeness (QED) is 0.272. The van der Waals surface area contributed by atoms with Crippen molar-refractivity contribution in [3.8, 4) is 5.75 Å². The minimum absolute atomic E-state index is 0.258. The minimum atomic E-state index is -3.57. The molecule has 0 atom stereocenters. The lowest BCUT2D eigenvalue weighted by atomic mass is 10.1. The van der Waals surface area contributed by atoms with E-state index in [0.717, 1.165) is 18.4 Å². The first-order valence-electron chi connectivity index (χ1n) is 11.4. The van der Waals surface area contributed by atoms with Crippen LogP contribution in [-0.4, -0.2) is 56.3 Å². The Bertz CT molecular complexity index is 1160. The fourth-order valence-electron chi connectivity index (χ4n) is 4.22. The average Bonchev–Trinajstić information content (AvgIpc) is 3.34. The van der Waals surface area contributed by atoms with Crippen LogP contribution in [0.2, 0.25) is 5.15 Å². The van der Waals surface area contributed by atoms with Gasteiger partial charge >= 0.3 is 10.2 Å². The molecule has 0 radical (unpaired) electrons. The maximum Gasteiger partial charge on any atom is 0.304 e. The molecule has 0 spiro atoms. The normalized spacial score (nSPS) is 18.4. The van der Waals surface area contributed by atoms with Crippen LogP contribution in [0, 0.1) is 5.82 Å². The van der Waals surface area contributed by atoms with Crippen LogP contribution in [0.4, 0.5) is 10.1 Å². The summed E-state index contributed by atoms with van der Waals surface area (Å²) in [6.45, 7) is 3.97. The molecule has 1 fully saturated rings. The SMILES string of the molecule is CCON=C1CCc2cc(OCCCCCN3CCN(c4ccnc(Cl)c4)S3(=O)=O)cc(F)c21. The summed E-state index contributed by atoms with van der Waals surface area (Å²) in [6.07, 6.45) is 5.11. The number of hydrogen-bond acceptors (Lipinski definition) is 6. The van der Waals surface area contributed by atoms with Crippen molar-refractivity contribution in [2.45, 2.75) is 39.0 Å². The van der Waals surface area contributed by atoms with Crippen molar-refractivity contribution in [3.05, 3.63) is 52.6 Å². The van der Waals surface area contributed by atoms with Crippen LogP contribution >= 0.6 is 11.6 Å². The molecule has 1 aromatic carbocycles. The number of rotatable bonds is 10. The van der Waals surface area contributed by atoms with E-state index in [2.05, 4.69) is 10.1 Å². The van der Waals surface area contributed by atoms with E-state index in [1.807, 2.05) is 13.0 Å². The summed E-state index contributed by atoms with van der Waals surface area (Å²) in [7, 11) is -3.57. The van der Waals surface area contributed by atoms with Gasteiger partial charge in [0.25, 0.3) is 0 Å². The monoisotopic (exact) mass is 510 g/mol. The summed E-state index contributed by atoms with van der Waals surface area (Å²) in [4.78, 5) is 8.98. The van der Waals surface area contributed by atoms with Crippen molar-refractivity contribution in [2.75, 3.05) is 37.2 Å². The number of unbranched alkanes of at least 4 members (excludes halogenated alkanes) is 2. The standard InChI is InChI=1S/C23H28ClFN4O4S/c1-2-33-27-21-7-6-17-14-19(16-20(25)23(17)21)32-13-5-3-4-10-28-11-12-29(34(28,30)31)18-8-9-26-22(24)15-18/h8-9,14-16H,2-7,10-13H2,1H3. The van der Waals surface area contributed by atoms with Crippen LogP contribution in [-0.2, 0) is 21.5 Å². The van der Waals surface area contributed by atoms with Crippen molar-refractivity contribution < 1.29 is 22.4 Å². The molecule has 1 aliphatic carbocycles. The Hall–Kier alpha value is -2.43. The van der Waals surface area contributed by atoms with E-state index in [-0.39, 0.29) is 11.0 Å². The Morgan fingerprint density at radius 2 is 2.03 bits per heavy atom. The fourth-order valence-corrected chi connectivity index (χ4v) is 6.03. The lowest BCUT2D eigenvalue weighted by Gasteiger charge is -2.20. The molecule has 11 heteroatoms. The Morgan fingerprint density at radius 3 is 2.82 bits per heavy atom. The molecule has 2 heterocycles. The molecular formula is C23H28ClFN4O4S. The number of oxime groups is 1. The van der Waals surface area contributed by atoms with Crippen molar-refractivity contribution >= 4 is 33.2 Å². The van der Waals surface area contributed by atoms with Gasteiger partial charge in [0.05, 0.1) is 18.0 Å². The third kappa shape index (κ3) is 5.45. The maximum absolute atomic E-state index is 14.6. The number of fused-ring (bicyclic) bond motifs is 1. The maximum atomic E-state index is 14.6. The van der Waals surface area contributed by atoms with Crippen molar-refractivity contribution in [3.63, 3.8) is 0 Å². The van der Waals surface area contributed by atoms with E-state index in [1.54, 1.807) is 12.1 Å². The van der Waals surface area contributed by atoms with Gasteiger partial charge in [-0.3, -0.25) is 4.31 Å². The highest BCUT2D eigenvalue weighted by Crippen LogP contribution is 2.30. The lowest BCUT2D eigenvalue weighted by Crippen LogP contribution is -2.33. The predicted molar refractivity (Wildman–Crippen MR) is 129 cm³/mol. The number of aryl methyl sites for hydroxylation is 1. The number of nitrogens with zero attached hydrogens (tertiary/aromatic N) is 4. The average molecular weight is 511 g/mol. The van der Waals surface area contributed by atoms with Gasteiger partial charge in [0, 0.05) is 37.5 Å². The topological polar surface area (TPSA) is 84.3 Å². The van der Waals surface area contributed by atoms with Gasteiger partial charge in [-0.15, -0.1) is 0 Å². The van der Waals surface area contributed by atoms with Gasteiger partial charge in [0.15, 0.2) is 0 Å². The van der Waals surface area contributed by atoms with Crippen LogP contribution in [0.25, 0.3) is 0 Å². The predicted octanol–water partition coefficient (Wildman–Crippen LogP) is 4.18. The van der Waals surface area contributed by atoms with E-state index in [4.69, 9.17) is 21.2 Å². The van der Waals surface area contributed by atoms with Crippen molar-refractivity contribution in [1.82, 2.24) is 9.29 Å². The molecule has 184 valence electrons. The zero-order valence-corrected chi connectivity index (χ0v) is 20.6. The highest BCUT2D eigenvalue weighted by Gasteiger charge is 2.36. The minimum Gasteiger partial charge on any atom is -0.493 e. The summed E-state index contributed by atoms with van der Waals surface area (Å²) < 4.78 is 48.8. The summed E-state index contributed by atoms with van der Waals surface area (Å²) in [6, 6.07) is 6.44. The molecule has 0 N–H and O–H groups in total. The second kappa shape index (κ2) is 10.9. The molecule has 2 aliphatic rings. The largest absolute Gasteiger partial charge is 0.493 e. The van der Waals surface area contributed by atoms with Crippen molar-refractivity contribution in [1.29, 1.82) is 0 Å². The number of anilines is 1.